The molecule has 2 fully saturated rings. The Morgan fingerprint density at radius 2 is 1.92 bits per heavy atom. The third kappa shape index (κ3) is 4.63. The molecule has 2 aliphatic rings. The fraction of sp³-hybridized carbons (Fsp3) is 0.684. The Bertz CT molecular complexity index is 571. The number of hydrogen-bond acceptors (Lipinski definition) is 4. The number of nitrogens with one attached hydrogen (secondary N) is 1. The van der Waals surface area contributed by atoms with E-state index in [4.69, 9.17) is 0 Å². The molecule has 2 saturated heterocycles. The standard InChI is InChI=1S/C19H32N6/c1-16-6-9-25(10-7-16)19(20-2)22-15-17-5-4-8-21-18(17)24-13-11-23(3)12-14-24/h4-5,8,16H,6-7,9-15H2,1-3H3,(H,20,22). The van der Waals surface area contributed by atoms with Crippen LogP contribution in [0.3, 0.4) is 0 Å². The fourth-order valence-electron chi connectivity index (χ4n) is 3.60. The van der Waals surface area contributed by atoms with Gasteiger partial charge in [0.05, 0.1) is 0 Å². The summed E-state index contributed by atoms with van der Waals surface area (Å²) >= 11 is 0. The Hall–Kier alpha value is -1.82. The summed E-state index contributed by atoms with van der Waals surface area (Å²) in [6.07, 6.45) is 4.40. The largest absolute Gasteiger partial charge is 0.354 e. The van der Waals surface area contributed by atoms with Gasteiger partial charge >= 0.3 is 0 Å². The van der Waals surface area contributed by atoms with Crippen LogP contribution in [0.5, 0.6) is 0 Å². The first-order valence-corrected chi connectivity index (χ1v) is 9.50. The van der Waals surface area contributed by atoms with E-state index in [0.717, 1.165) is 63.5 Å². The molecule has 1 aromatic heterocycles. The van der Waals surface area contributed by atoms with Crippen LogP contribution >= 0.6 is 0 Å². The van der Waals surface area contributed by atoms with Crippen LogP contribution in [0.4, 0.5) is 5.82 Å². The van der Waals surface area contributed by atoms with Crippen molar-refractivity contribution in [2.24, 2.45) is 10.9 Å². The minimum absolute atomic E-state index is 0.772. The first kappa shape index (κ1) is 18.0. The summed E-state index contributed by atoms with van der Waals surface area (Å²) in [6.45, 7) is 9.57. The number of rotatable bonds is 3. The second-order valence-electron chi connectivity index (χ2n) is 7.35. The SMILES string of the molecule is CN=C(NCc1cccnc1N1CCN(C)CC1)N1CCC(C)CC1. The van der Waals surface area contributed by atoms with E-state index in [0.29, 0.717) is 0 Å². The topological polar surface area (TPSA) is 47.0 Å². The maximum absolute atomic E-state index is 4.67. The first-order chi connectivity index (χ1) is 12.2. The van der Waals surface area contributed by atoms with Gasteiger partial charge in [0, 0.05) is 64.6 Å². The zero-order chi connectivity index (χ0) is 17.6. The highest BCUT2D eigenvalue weighted by Crippen LogP contribution is 2.19. The fourth-order valence-corrected chi connectivity index (χ4v) is 3.60. The number of pyridine rings is 1. The highest BCUT2D eigenvalue weighted by Gasteiger charge is 2.20. The van der Waals surface area contributed by atoms with Crippen molar-refractivity contribution in [1.29, 1.82) is 0 Å². The lowest BCUT2D eigenvalue weighted by atomic mass is 10.00. The maximum Gasteiger partial charge on any atom is 0.193 e. The highest BCUT2D eigenvalue weighted by atomic mass is 15.3. The van der Waals surface area contributed by atoms with E-state index in [1.807, 2.05) is 19.3 Å². The van der Waals surface area contributed by atoms with Gasteiger partial charge in [-0.25, -0.2) is 4.98 Å². The summed E-state index contributed by atoms with van der Waals surface area (Å²) < 4.78 is 0. The lowest BCUT2D eigenvalue weighted by Crippen LogP contribution is -2.46. The molecule has 0 bridgehead atoms. The molecule has 0 amide bonds. The van der Waals surface area contributed by atoms with Crippen LogP contribution < -0.4 is 10.2 Å². The van der Waals surface area contributed by atoms with Crippen LogP contribution in [-0.4, -0.2) is 74.1 Å². The molecular formula is C19H32N6. The van der Waals surface area contributed by atoms with Crippen LogP contribution in [0.2, 0.25) is 0 Å². The van der Waals surface area contributed by atoms with Gasteiger partial charge in [-0.2, -0.15) is 0 Å². The third-order valence-electron chi connectivity index (χ3n) is 5.40. The van der Waals surface area contributed by atoms with Gasteiger partial charge in [0.25, 0.3) is 0 Å². The molecule has 0 atom stereocenters. The molecule has 6 nitrogen and oxygen atoms in total. The van der Waals surface area contributed by atoms with Crippen LogP contribution in [0.1, 0.15) is 25.3 Å². The predicted molar refractivity (Wildman–Crippen MR) is 104 cm³/mol. The van der Waals surface area contributed by atoms with Crippen LogP contribution in [-0.2, 0) is 6.54 Å². The first-order valence-electron chi connectivity index (χ1n) is 9.50. The number of likely N-dealkylation sites (N-methyl/N-ethyl adjacent to an activating group) is 1. The number of nitrogens with zero attached hydrogens (tertiary/aromatic N) is 5. The van der Waals surface area contributed by atoms with Crippen LogP contribution in [0, 0.1) is 5.92 Å². The Labute approximate surface area is 151 Å². The summed E-state index contributed by atoms with van der Waals surface area (Å²) in [5.41, 5.74) is 1.25. The van der Waals surface area contributed by atoms with Gasteiger partial charge in [0.15, 0.2) is 5.96 Å². The van der Waals surface area contributed by atoms with Crippen molar-refractivity contribution in [3.8, 4) is 0 Å². The van der Waals surface area contributed by atoms with E-state index >= 15 is 0 Å². The minimum Gasteiger partial charge on any atom is -0.354 e. The van der Waals surface area contributed by atoms with E-state index in [1.54, 1.807) is 0 Å². The quantitative estimate of drug-likeness (QED) is 0.667. The van der Waals surface area contributed by atoms with Crippen molar-refractivity contribution in [2.75, 3.05) is 58.3 Å². The highest BCUT2D eigenvalue weighted by molar-refractivity contribution is 5.80. The van der Waals surface area contributed by atoms with Crippen LogP contribution in [0.25, 0.3) is 0 Å². The van der Waals surface area contributed by atoms with E-state index in [1.165, 1.54) is 18.4 Å². The number of likely N-dealkylation sites (tertiary alicyclic amines) is 1. The molecule has 138 valence electrons. The van der Waals surface area contributed by atoms with E-state index < -0.39 is 0 Å². The van der Waals surface area contributed by atoms with Crippen LogP contribution in [0.15, 0.2) is 23.3 Å². The average molecular weight is 345 g/mol. The Balaban J connectivity index is 1.62. The number of hydrogen-bond donors (Lipinski definition) is 1. The zero-order valence-corrected chi connectivity index (χ0v) is 15.9. The van der Waals surface area contributed by atoms with Gasteiger partial charge in [0.2, 0.25) is 0 Å². The summed E-state index contributed by atoms with van der Waals surface area (Å²) in [5.74, 6) is 2.96. The number of aliphatic imine (C=N–C) groups is 1. The second kappa shape index (κ2) is 8.52. The summed E-state index contributed by atoms with van der Waals surface area (Å²) in [5, 5.41) is 3.56. The lowest BCUT2D eigenvalue weighted by Gasteiger charge is -2.35. The third-order valence-corrected chi connectivity index (χ3v) is 5.40. The summed E-state index contributed by atoms with van der Waals surface area (Å²) in [4.78, 5) is 16.3. The molecule has 0 spiro atoms. The number of piperidine rings is 1. The van der Waals surface area contributed by atoms with E-state index in [9.17, 15) is 0 Å². The van der Waals surface area contributed by atoms with Crippen molar-refractivity contribution in [3.63, 3.8) is 0 Å². The molecule has 25 heavy (non-hydrogen) atoms. The summed E-state index contributed by atoms with van der Waals surface area (Å²) in [6, 6.07) is 4.21. The van der Waals surface area contributed by atoms with Gasteiger partial charge in [0.1, 0.15) is 5.82 Å². The molecule has 0 aromatic carbocycles. The van der Waals surface area contributed by atoms with Gasteiger partial charge in [-0.1, -0.05) is 13.0 Å². The molecule has 2 aliphatic heterocycles. The molecule has 0 saturated carbocycles. The van der Waals surface area contributed by atoms with E-state index in [2.05, 4.69) is 50.0 Å². The van der Waals surface area contributed by atoms with Crippen molar-refractivity contribution < 1.29 is 0 Å². The number of piperazine rings is 1. The smallest absolute Gasteiger partial charge is 0.193 e. The molecule has 3 heterocycles. The monoisotopic (exact) mass is 344 g/mol. The van der Waals surface area contributed by atoms with E-state index in [-0.39, 0.29) is 0 Å². The second-order valence-corrected chi connectivity index (χ2v) is 7.35. The molecule has 1 aromatic rings. The van der Waals surface area contributed by atoms with Crippen molar-refractivity contribution >= 4 is 11.8 Å². The predicted octanol–water partition coefficient (Wildman–Crippen LogP) is 1.64. The minimum atomic E-state index is 0.772. The van der Waals surface area contributed by atoms with Gasteiger partial charge in [-0.3, -0.25) is 4.99 Å². The average Bonchev–Trinajstić information content (AvgIpc) is 2.65. The van der Waals surface area contributed by atoms with Gasteiger partial charge in [-0.05, 0) is 31.9 Å². The normalized spacial score (nSPS) is 20.8. The van der Waals surface area contributed by atoms with Gasteiger partial charge < -0.3 is 20.0 Å². The van der Waals surface area contributed by atoms with Crippen molar-refractivity contribution in [1.82, 2.24) is 20.1 Å². The zero-order valence-electron chi connectivity index (χ0n) is 15.9. The molecular weight excluding hydrogens is 312 g/mol. The number of aromatic nitrogens is 1. The van der Waals surface area contributed by atoms with Crippen molar-refractivity contribution in [3.05, 3.63) is 23.9 Å². The molecule has 3 rings (SSSR count). The summed E-state index contributed by atoms with van der Waals surface area (Å²) in [7, 11) is 4.06. The Kier molecular flexibility index (Phi) is 6.13. The molecule has 1 N–H and O–H groups in total. The molecule has 0 unspecified atom stereocenters. The lowest BCUT2D eigenvalue weighted by molar-refractivity contribution is 0.273. The maximum atomic E-state index is 4.67. The Morgan fingerprint density at radius 1 is 1.20 bits per heavy atom. The van der Waals surface area contributed by atoms with Crippen molar-refractivity contribution in [2.45, 2.75) is 26.3 Å². The van der Waals surface area contributed by atoms with Gasteiger partial charge in [-0.15, -0.1) is 0 Å². The Morgan fingerprint density at radius 3 is 2.60 bits per heavy atom. The number of anilines is 1. The number of guanidine groups is 1. The molecule has 0 radical (unpaired) electrons. The molecule has 0 aliphatic carbocycles. The molecule has 6 heteroatoms.